The fourth-order valence-corrected chi connectivity index (χ4v) is 7.91. The Hall–Kier alpha value is -5.35. The normalized spacial score (nSPS) is 18.7. The van der Waals surface area contributed by atoms with Gasteiger partial charge in [0.25, 0.3) is 0 Å². The highest BCUT2D eigenvalue weighted by Gasteiger charge is 2.41. The number of rotatable bonds is 6. The summed E-state index contributed by atoms with van der Waals surface area (Å²) in [5.74, 6) is 3.00. The highest BCUT2D eigenvalue weighted by Crippen LogP contribution is 2.54. The SMILES string of the molecule is c1ccc(-c2cc(-c3cccc(-c4cccc(-c5ccc(C6CC7CCC6C7)c6ocnc56)c4)c3)nc(-c3ccccc3)n2)cc1. The van der Waals surface area contributed by atoms with E-state index in [9.17, 15) is 0 Å². The van der Waals surface area contributed by atoms with Crippen molar-refractivity contribution < 1.29 is 4.42 Å². The van der Waals surface area contributed by atoms with Crippen LogP contribution in [0.5, 0.6) is 0 Å². The molecular formula is C42H33N3O. The second-order valence-electron chi connectivity index (χ2n) is 12.9. The van der Waals surface area contributed by atoms with Crippen LogP contribution in [0.2, 0.25) is 0 Å². The van der Waals surface area contributed by atoms with Crippen molar-refractivity contribution in [3.8, 4) is 56.2 Å². The topological polar surface area (TPSA) is 51.8 Å². The molecule has 2 aliphatic carbocycles. The molecule has 7 aromatic rings. The lowest BCUT2D eigenvalue weighted by Gasteiger charge is -2.22. The molecule has 4 heteroatoms. The molecule has 0 spiro atoms. The second-order valence-corrected chi connectivity index (χ2v) is 12.9. The van der Waals surface area contributed by atoms with E-state index in [-0.39, 0.29) is 0 Å². The molecule has 2 bridgehead atoms. The monoisotopic (exact) mass is 595 g/mol. The fourth-order valence-electron chi connectivity index (χ4n) is 7.91. The zero-order valence-corrected chi connectivity index (χ0v) is 25.5. The van der Waals surface area contributed by atoms with Gasteiger partial charge in [-0.2, -0.15) is 0 Å². The minimum Gasteiger partial charge on any atom is -0.443 e. The number of nitrogens with zero attached hydrogens (tertiary/aromatic N) is 3. The van der Waals surface area contributed by atoms with E-state index in [0.29, 0.717) is 5.92 Å². The average Bonchev–Trinajstić information content (AvgIpc) is 3.91. The molecule has 2 aromatic heterocycles. The summed E-state index contributed by atoms with van der Waals surface area (Å²) in [5, 5.41) is 0. The first kappa shape index (κ1) is 27.0. The van der Waals surface area contributed by atoms with Crippen LogP contribution in [-0.4, -0.2) is 15.0 Å². The molecule has 0 amide bonds. The van der Waals surface area contributed by atoms with E-state index in [1.807, 2.05) is 36.4 Å². The minimum absolute atomic E-state index is 0.601. The molecule has 5 aromatic carbocycles. The van der Waals surface area contributed by atoms with Crippen LogP contribution in [-0.2, 0) is 0 Å². The molecule has 2 fully saturated rings. The summed E-state index contributed by atoms with van der Waals surface area (Å²) < 4.78 is 6.07. The van der Waals surface area contributed by atoms with Crippen LogP contribution in [0, 0.1) is 11.8 Å². The van der Waals surface area contributed by atoms with Gasteiger partial charge in [-0.25, -0.2) is 15.0 Å². The predicted octanol–water partition coefficient (Wildman–Crippen LogP) is 10.9. The maximum Gasteiger partial charge on any atom is 0.182 e. The first-order chi connectivity index (χ1) is 22.8. The maximum absolute atomic E-state index is 6.07. The Morgan fingerprint density at radius 2 is 1.20 bits per heavy atom. The Balaban J connectivity index is 1.09. The lowest BCUT2D eigenvalue weighted by atomic mass is 9.82. The third kappa shape index (κ3) is 4.82. The molecule has 2 heterocycles. The van der Waals surface area contributed by atoms with Gasteiger partial charge in [-0.15, -0.1) is 0 Å². The van der Waals surface area contributed by atoms with E-state index in [1.165, 1.54) is 31.2 Å². The van der Waals surface area contributed by atoms with Crippen molar-refractivity contribution >= 4 is 11.1 Å². The van der Waals surface area contributed by atoms with Crippen LogP contribution in [0.25, 0.3) is 67.3 Å². The quantitative estimate of drug-likeness (QED) is 0.192. The van der Waals surface area contributed by atoms with Crippen molar-refractivity contribution in [3.05, 3.63) is 139 Å². The summed E-state index contributed by atoms with van der Waals surface area (Å²) in [5.41, 5.74) is 12.7. The lowest BCUT2D eigenvalue weighted by molar-refractivity contribution is 0.418. The fraction of sp³-hybridized carbons (Fsp3) is 0.167. The van der Waals surface area contributed by atoms with Gasteiger partial charge < -0.3 is 4.42 Å². The van der Waals surface area contributed by atoms with Crippen molar-refractivity contribution in [1.29, 1.82) is 0 Å². The summed E-state index contributed by atoms with van der Waals surface area (Å²) in [6.45, 7) is 0. The van der Waals surface area contributed by atoms with E-state index in [4.69, 9.17) is 19.4 Å². The van der Waals surface area contributed by atoms with E-state index < -0.39 is 0 Å². The van der Waals surface area contributed by atoms with Gasteiger partial charge in [0, 0.05) is 27.8 Å². The first-order valence-electron chi connectivity index (χ1n) is 16.3. The number of benzene rings is 5. The van der Waals surface area contributed by atoms with E-state index in [2.05, 4.69) is 91.0 Å². The molecule has 0 radical (unpaired) electrons. The molecule has 4 nitrogen and oxygen atoms in total. The Labute approximate surface area is 268 Å². The van der Waals surface area contributed by atoms with Crippen molar-refractivity contribution in [1.82, 2.24) is 15.0 Å². The van der Waals surface area contributed by atoms with Crippen LogP contribution in [0.3, 0.4) is 0 Å². The van der Waals surface area contributed by atoms with Crippen molar-refractivity contribution in [2.24, 2.45) is 11.8 Å². The highest BCUT2D eigenvalue weighted by molar-refractivity contribution is 5.93. The maximum atomic E-state index is 6.07. The van der Waals surface area contributed by atoms with Crippen LogP contribution in [0.15, 0.2) is 138 Å². The second kappa shape index (κ2) is 11.2. The van der Waals surface area contributed by atoms with Crippen LogP contribution >= 0.6 is 0 Å². The van der Waals surface area contributed by atoms with Crippen LogP contribution in [0.1, 0.15) is 37.2 Å². The van der Waals surface area contributed by atoms with Gasteiger partial charge in [-0.3, -0.25) is 0 Å². The Morgan fingerprint density at radius 1 is 0.543 bits per heavy atom. The molecule has 46 heavy (non-hydrogen) atoms. The Bertz CT molecular complexity index is 2130. The van der Waals surface area contributed by atoms with Gasteiger partial charge in [0.1, 0.15) is 5.52 Å². The first-order valence-corrected chi connectivity index (χ1v) is 16.3. The molecule has 0 saturated heterocycles. The molecule has 9 rings (SSSR count). The minimum atomic E-state index is 0.601. The molecule has 222 valence electrons. The molecule has 2 aliphatic rings. The average molecular weight is 596 g/mol. The zero-order valence-electron chi connectivity index (χ0n) is 25.5. The Morgan fingerprint density at radius 3 is 1.91 bits per heavy atom. The van der Waals surface area contributed by atoms with Crippen molar-refractivity contribution in [2.75, 3.05) is 0 Å². The predicted molar refractivity (Wildman–Crippen MR) is 185 cm³/mol. The molecule has 0 N–H and O–H groups in total. The summed E-state index contributed by atoms with van der Waals surface area (Å²) in [6, 6.07) is 44.6. The number of hydrogen-bond acceptors (Lipinski definition) is 4. The van der Waals surface area contributed by atoms with E-state index in [1.54, 1.807) is 6.39 Å². The molecule has 2 saturated carbocycles. The number of fused-ring (bicyclic) bond motifs is 3. The van der Waals surface area contributed by atoms with Crippen molar-refractivity contribution in [2.45, 2.75) is 31.6 Å². The highest BCUT2D eigenvalue weighted by atomic mass is 16.3. The Kier molecular flexibility index (Phi) is 6.59. The third-order valence-electron chi connectivity index (χ3n) is 10.1. The number of hydrogen-bond donors (Lipinski definition) is 0. The number of oxazole rings is 1. The molecule has 3 unspecified atom stereocenters. The standard InChI is InChI=1S/C42H33N3O/c1-3-9-28(10-4-1)38-25-39(45-42(44-38)29-11-5-2-6-12-29)34-16-8-14-31(24-34)30-13-7-15-32(23-30)35-19-20-36(41-40(35)43-26-46-41)37-22-27-17-18-33(37)21-27/h1-16,19-20,23-27,33,37H,17-18,21-22H2. The summed E-state index contributed by atoms with van der Waals surface area (Å²) >= 11 is 0. The summed E-state index contributed by atoms with van der Waals surface area (Å²) in [6.07, 6.45) is 7.03. The summed E-state index contributed by atoms with van der Waals surface area (Å²) in [7, 11) is 0. The third-order valence-corrected chi connectivity index (χ3v) is 10.1. The van der Waals surface area contributed by atoms with Gasteiger partial charge in [0.05, 0.1) is 11.4 Å². The largest absolute Gasteiger partial charge is 0.443 e. The summed E-state index contributed by atoms with van der Waals surface area (Å²) in [4.78, 5) is 14.7. The molecule has 3 atom stereocenters. The van der Waals surface area contributed by atoms with Gasteiger partial charge in [0.2, 0.25) is 0 Å². The lowest BCUT2D eigenvalue weighted by Crippen LogP contribution is -2.08. The smallest absolute Gasteiger partial charge is 0.182 e. The van der Waals surface area contributed by atoms with E-state index in [0.717, 1.165) is 79.1 Å². The molecular weight excluding hydrogens is 562 g/mol. The van der Waals surface area contributed by atoms with Crippen molar-refractivity contribution in [3.63, 3.8) is 0 Å². The van der Waals surface area contributed by atoms with Gasteiger partial charge >= 0.3 is 0 Å². The van der Waals surface area contributed by atoms with Crippen LogP contribution in [0.4, 0.5) is 0 Å². The number of aromatic nitrogens is 3. The van der Waals surface area contributed by atoms with Gasteiger partial charge in [0.15, 0.2) is 17.8 Å². The van der Waals surface area contributed by atoms with E-state index >= 15 is 0 Å². The zero-order chi connectivity index (χ0) is 30.5. The molecule has 0 aliphatic heterocycles. The van der Waals surface area contributed by atoms with Crippen LogP contribution < -0.4 is 0 Å². The van der Waals surface area contributed by atoms with Gasteiger partial charge in [-0.1, -0.05) is 116 Å². The van der Waals surface area contributed by atoms with Gasteiger partial charge in [-0.05, 0) is 71.9 Å².